The number of hydrogen-bond acceptors (Lipinski definition) is 2. The molecule has 0 saturated carbocycles. The first-order valence-corrected chi connectivity index (χ1v) is 5.61. The highest BCUT2D eigenvalue weighted by Crippen LogP contribution is 2.42. The molecule has 2 unspecified atom stereocenters. The smallest absolute Gasteiger partial charge is 0.0969 e. The van der Waals surface area contributed by atoms with E-state index in [1.807, 2.05) is 0 Å². The molecular weight excluding hydrogens is 174 g/mol. The van der Waals surface area contributed by atoms with Gasteiger partial charge in [-0.2, -0.15) is 0 Å². The first-order chi connectivity index (χ1) is 6.28. The van der Waals surface area contributed by atoms with Crippen molar-refractivity contribution < 1.29 is 4.74 Å². The van der Waals surface area contributed by atoms with Crippen molar-refractivity contribution in [3.63, 3.8) is 0 Å². The molecule has 0 aromatic heterocycles. The fourth-order valence-electron chi connectivity index (χ4n) is 2.49. The minimum Gasteiger partial charge on any atom is -0.362 e. The van der Waals surface area contributed by atoms with E-state index in [0.717, 1.165) is 6.54 Å². The maximum absolute atomic E-state index is 5.91. The average Bonchev–Trinajstić information content (AvgIpc) is 2.02. The SMILES string of the molecule is CC(C)C1(C)CNCOC1C(C)(C)C. The normalized spacial score (nSPS) is 34.9. The summed E-state index contributed by atoms with van der Waals surface area (Å²) in [4.78, 5) is 0. The molecule has 1 heterocycles. The van der Waals surface area contributed by atoms with Crippen molar-refractivity contribution in [1.82, 2.24) is 5.32 Å². The maximum Gasteiger partial charge on any atom is 0.0969 e. The van der Waals surface area contributed by atoms with Crippen molar-refractivity contribution in [1.29, 1.82) is 0 Å². The summed E-state index contributed by atoms with van der Waals surface area (Å²) in [5.41, 5.74) is 0.470. The Morgan fingerprint density at radius 2 is 1.93 bits per heavy atom. The van der Waals surface area contributed by atoms with Crippen molar-refractivity contribution in [2.24, 2.45) is 16.7 Å². The van der Waals surface area contributed by atoms with Gasteiger partial charge in [0.15, 0.2) is 0 Å². The van der Waals surface area contributed by atoms with Crippen LogP contribution < -0.4 is 5.32 Å². The highest BCUT2D eigenvalue weighted by molar-refractivity contribution is 4.95. The Hall–Kier alpha value is -0.0800. The third-order valence-corrected chi connectivity index (χ3v) is 3.56. The van der Waals surface area contributed by atoms with E-state index in [1.54, 1.807) is 0 Å². The first-order valence-electron chi connectivity index (χ1n) is 5.61. The molecule has 0 amide bonds. The zero-order chi connectivity index (χ0) is 11.0. The number of ether oxygens (including phenoxy) is 1. The van der Waals surface area contributed by atoms with Gasteiger partial charge < -0.3 is 4.74 Å². The van der Waals surface area contributed by atoms with Crippen LogP contribution in [0.3, 0.4) is 0 Å². The molecule has 1 aliphatic rings. The first kappa shape index (κ1) is 12.0. The van der Waals surface area contributed by atoms with Gasteiger partial charge in [-0.1, -0.05) is 41.5 Å². The van der Waals surface area contributed by atoms with Crippen molar-refractivity contribution in [2.75, 3.05) is 13.3 Å². The van der Waals surface area contributed by atoms with Crippen molar-refractivity contribution in [2.45, 2.75) is 47.6 Å². The lowest BCUT2D eigenvalue weighted by Gasteiger charge is -2.50. The Kier molecular flexibility index (Phi) is 3.27. The van der Waals surface area contributed by atoms with Crippen LogP contribution in [0.25, 0.3) is 0 Å². The predicted molar refractivity (Wildman–Crippen MR) is 60.1 cm³/mol. The van der Waals surface area contributed by atoms with E-state index in [4.69, 9.17) is 4.74 Å². The number of hydrogen-bond donors (Lipinski definition) is 1. The summed E-state index contributed by atoms with van der Waals surface area (Å²) in [6.45, 7) is 15.5. The highest BCUT2D eigenvalue weighted by atomic mass is 16.5. The van der Waals surface area contributed by atoms with Crippen LogP contribution >= 0.6 is 0 Å². The van der Waals surface area contributed by atoms with E-state index in [0.29, 0.717) is 18.8 Å². The largest absolute Gasteiger partial charge is 0.362 e. The summed E-state index contributed by atoms with van der Waals surface area (Å²) in [7, 11) is 0. The van der Waals surface area contributed by atoms with Crippen LogP contribution in [-0.2, 0) is 4.74 Å². The molecule has 0 aromatic carbocycles. The molecule has 0 bridgehead atoms. The van der Waals surface area contributed by atoms with E-state index in [1.165, 1.54) is 0 Å². The van der Waals surface area contributed by atoms with E-state index >= 15 is 0 Å². The summed E-state index contributed by atoms with van der Waals surface area (Å²) in [6.07, 6.45) is 0.344. The van der Waals surface area contributed by atoms with E-state index in [2.05, 4.69) is 46.9 Å². The summed E-state index contributed by atoms with van der Waals surface area (Å²) in [6, 6.07) is 0. The predicted octanol–water partition coefficient (Wildman–Crippen LogP) is 2.64. The molecule has 0 aromatic rings. The lowest BCUT2D eigenvalue weighted by molar-refractivity contribution is -0.147. The van der Waals surface area contributed by atoms with Crippen LogP contribution in [0.5, 0.6) is 0 Å². The van der Waals surface area contributed by atoms with Gasteiger partial charge in [0, 0.05) is 12.0 Å². The molecule has 2 atom stereocenters. The quantitative estimate of drug-likeness (QED) is 0.701. The Morgan fingerprint density at radius 3 is 2.29 bits per heavy atom. The molecule has 0 aliphatic carbocycles. The van der Waals surface area contributed by atoms with Crippen LogP contribution in [0.4, 0.5) is 0 Å². The molecule has 1 saturated heterocycles. The lowest BCUT2D eigenvalue weighted by atomic mass is 9.65. The molecule has 1 N–H and O–H groups in total. The molecule has 1 aliphatic heterocycles. The molecule has 1 rings (SSSR count). The van der Waals surface area contributed by atoms with Gasteiger partial charge in [0.1, 0.15) is 0 Å². The molecular formula is C12H25NO. The molecule has 84 valence electrons. The summed E-state index contributed by atoms with van der Waals surface area (Å²) >= 11 is 0. The Balaban J connectivity index is 2.89. The van der Waals surface area contributed by atoms with Crippen molar-refractivity contribution in [3.05, 3.63) is 0 Å². The monoisotopic (exact) mass is 199 g/mol. The lowest BCUT2D eigenvalue weighted by Crippen LogP contribution is -2.57. The fraction of sp³-hybridized carbons (Fsp3) is 1.00. The minimum absolute atomic E-state index is 0.223. The van der Waals surface area contributed by atoms with Gasteiger partial charge in [-0.05, 0) is 11.3 Å². The fourth-order valence-corrected chi connectivity index (χ4v) is 2.49. The number of rotatable bonds is 1. The zero-order valence-corrected chi connectivity index (χ0v) is 10.5. The third-order valence-electron chi connectivity index (χ3n) is 3.56. The van der Waals surface area contributed by atoms with Gasteiger partial charge in [-0.25, -0.2) is 0 Å². The van der Waals surface area contributed by atoms with E-state index in [-0.39, 0.29) is 10.8 Å². The van der Waals surface area contributed by atoms with Crippen LogP contribution in [0, 0.1) is 16.7 Å². The van der Waals surface area contributed by atoms with Gasteiger partial charge in [-0.3, -0.25) is 5.32 Å². The molecule has 2 heteroatoms. The topological polar surface area (TPSA) is 21.3 Å². The Bertz CT molecular complexity index is 195. The van der Waals surface area contributed by atoms with Crippen LogP contribution in [0.1, 0.15) is 41.5 Å². The van der Waals surface area contributed by atoms with E-state index in [9.17, 15) is 0 Å². The summed E-state index contributed by atoms with van der Waals surface area (Å²) in [5.74, 6) is 0.638. The second-order valence-corrected chi connectivity index (χ2v) is 6.14. The molecule has 0 spiro atoms. The minimum atomic E-state index is 0.223. The molecule has 1 fully saturated rings. The van der Waals surface area contributed by atoms with Crippen molar-refractivity contribution in [3.8, 4) is 0 Å². The highest BCUT2D eigenvalue weighted by Gasteiger charge is 2.45. The van der Waals surface area contributed by atoms with Crippen LogP contribution in [0.2, 0.25) is 0 Å². The van der Waals surface area contributed by atoms with Gasteiger partial charge in [0.2, 0.25) is 0 Å². The Labute approximate surface area is 88.4 Å². The second-order valence-electron chi connectivity index (χ2n) is 6.14. The van der Waals surface area contributed by atoms with Gasteiger partial charge in [0.05, 0.1) is 12.8 Å². The molecule has 2 nitrogen and oxygen atoms in total. The third kappa shape index (κ3) is 2.12. The van der Waals surface area contributed by atoms with Crippen LogP contribution in [-0.4, -0.2) is 19.4 Å². The summed E-state index contributed by atoms with van der Waals surface area (Å²) < 4.78 is 5.91. The Morgan fingerprint density at radius 1 is 1.36 bits per heavy atom. The molecule has 0 radical (unpaired) electrons. The maximum atomic E-state index is 5.91. The molecule has 14 heavy (non-hydrogen) atoms. The van der Waals surface area contributed by atoms with Gasteiger partial charge in [-0.15, -0.1) is 0 Å². The second kappa shape index (κ2) is 3.82. The van der Waals surface area contributed by atoms with Gasteiger partial charge >= 0.3 is 0 Å². The zero-order valence-electron chi connectivity index (χ0n) is 10.5. The van der Waals surface area contributed by atoms with E-state index < -0.39 is 0 Å². The standard InChI is InChI=1S/C12H25NO/c1-9(2)12(6)7-13-8-14-10(12)11(3,4)5/h9-10,13H,7-8H2,1-6H3. The number of nitrogens with one attached hydrogen (secondary N) is 1. The van der Waals surface area contributed by atoms with Crippen LogP contribution in [0.15, 0.2) is 0 Å². The average molecular weight is 199 g/mol. The van der Waals surface area contributed by atoms with Crippen molar-refractivity contribution >= 4 is 0 Å². The summed E-state index contributed by atoms with van der Waals surface area (Å²) in [5, 5.41) is 3.34. The van der Waals surface area contributed by atoms with Gasteiger partial charge in [0.25, 0.3) is 0 Å².